The molecule has 0 saturated heterocycles. The summed E-state index contributed by atoms with van der Waals surface area (Å²) in [7, 11) is -2.13. The van der Waals surface area contributed by atoms with Gasteiger partial charge in [0.2, 0.25) is 0 Å². The van der Waals surface area contributed by atoms with E-state index in [2.05, 4.69) is 0 Å². The molecule has 0 spiro atoms. The summed E-state index contributed by atoms with van der Waals surface area (Å²) in [5.41, 5.74) is 0. The molecule has 0 aliphatic heterocycles. The molecule has 0 aromatic rings. The van der Waals surface area contributed by atoms with Crippen LogP contribution in [0.5, 0.6) is 0 Å². The van der Waals surface area contributed by atoms with Crippen molar-refractivity contribution in [2.45, 2.75) is 51.1 Å². The largest absolute Gasteiger partial charge is 0.394 e. The van der Waals surface area contributed by atoms with Gasteiger partial charge in [-0.3, -0.25) is 0 Å². The molecule has 0 saturated carbocycles. The van der Waals surface area contributed by atoms with E-state index in [0.29, 0.717) is 0 Å². The Morgan fingerprint density at radius 1 is 1.33 bits per heavy atom. The van der Waals surface area contributed by atoms with E-state index < -0.39 is 26.9 Å². The first-order valence-corrected chi connectivity index (χ1v) is 8.58. The van der Waals surface area contributed by atoms with E-state index in [4.69, 9.17) is 5.11 Å². The summed E-state index contributed by atoms with van der Waals surface area (Å²) >= 11 is 0. The van der Waals surface area contributed by atoms with Crippen molar-refractivity contribution < 1.29 is 20.1 Å². The van der Waals surface area contributed by atoms with Gasteiger partial charge in [-0.05, 0) is 0 Å². The summed E-state index contributed by atoms with van der Waals surface area (Å²) in [5, 5.41) is 27.1. The highest BCUT2D eigenvalue weighted by molar-refractivity contribution is 7.04. The summed E-state index contributed by atoms with van der Waals surface area (Å²) in [6.07, 6.45) is -0.783. The van der Waals surface area contributed by atoms with Crippen molar-refractivity contribution in [3.8, 4) is 0 Å². The maximum absolute atomic E-state index is 11.8. The van der Waals surface area contributed by atoms with Crippen molar-refractivity contribution in [3.05, 3.63) is 0 Å². The minimum Gasteiger partial charge on any atom is -0.394 e. The number of aliphatic hydroxyl groups excluding tert-OH is 3. The van der Waals surface area contributed by atoms with Crippen LogP contribution in [-0.2, 0) is 4.79 Å². The van der Waals surface area contributed by atoms with Gasteiger partial charge in [-0.2, -0.15) is 0 Å². The molecule has 0 radical (unpaired) electrons. The van der Waals surface area contributed by atoms with E-state index in [1.54, 1.807) is 0 Å². The van der Waals surface area contributed by atoms with Gasteiger partial charge in [-0.1, -0.05) is 38.9 Å². The molecule has 4 nitrogen and oxygen atoms in total. The van der Waals surface area contributed by atoms with Gasteiger partial charge in [-0.15, -0.1) is 0 Å². The Labute approximate surface area is 91.9 Å². The van der Waals surface area contributed by atoms with Crippen molar-refractivity contribution >= 4 is 13.5 Å². The minimum absolute atomic E-state index is 0.266. The molecule has 0 aromatic heterocycles. The molecule has 0 aliphatic rings. The van der Waals surface area contributed by atoms with Gasteiger partial charge >= 0.3 is 0 Å². The maximum atomic E-state index is 11.8. The van der Waals surface area contributed by atoms with Gasteiger partial charge < -0.3 is 20.1 Å². The fourth-order valence-electron chi connectivity index (χ4n) is 1.42. The van der Waals surface area contributed by atoms with Crippen LogP contribution in [0.3, 0.4) is 0 Å². The molecule has 5 heteroatoms. The Hall–Kier alpha value is -0.233. The average Bonchev–Trinajstić information content (AvgIpc) is 2.23. The highest BCUT2D eigenvalue weighted by atomic mass is 28.3. The van der Waals surface area contributed by atoms with Gasteiger partial charge in [0.25, 0.3) is 0 Å². The lowest BCUT2D eigenvalue weighted by Gasteiger charge is -2.25. The number of unbranched alkanes of at least 4 members (excludes halogenated alkanes) is 1. The Kier molecular flexibility index (Phi) is 6.27. The molecule has 0 fully saturated rings. The summed E-state index contributed by atoms with van der Waals surface area (Å²) in [4.78, 5) is 11.8. The van der Waals surface area contributed by atoms with E-state index in [-0.39, 0.29) is 5.41 Å². The van der Waals surface area contributed by atoms with Crippen LogP contribution >= 0.6 is 0 Å². The molecule has 15 heavy (non-hydrogen) atoms. The number of hydrogen-bond acceptors (Lipinski definition) is 4. The number of hydrogen-bond donors (Lipinski definition) is 3. The van der Waals surface area contributed by atoms with E-state index in [0.717, 1.165) is 18.9 Å². The van der Waals surface area contributed by atoms with E-state index >= 15 is 0 Å². The van der Waals surface area contributed by atoms with Crippen LogP contribution in [-0.4, -0.2) is 47.6 Å². The third kappa shape index (κ3) is 4.42. The van der Waals surface area contributed by atoms with Gasteiger partial charge in [-0.25, -0.2) is 0 Å². The van der Waals surface area contributed by atoms with Crippen LogP contribution in [0, 0.1) is 0 Å². The first-order valence-electron chi connectivity index (χ1n) is 5.38. The number of rotatable bonds is 7. The SMILES string of the molecule is CCCC[Si](C)(C)C(=O)[C@H](O)[C@@H](O)CO. The highest BCUT2D eigenvalue weighted by Crippen LogP contribution is 2.17. The summed E-state index contributed by atoms with van der Waals surface area (Å²) in [6, 6.07) is 0.817. The lowest BCUT2D eigenvalue weighted by Crippen LogP contribution is -2.50. The summed E-state index contributed by atoms with van der Waals surface area (Å²) in [5.74, 6) is 0. The molecular formula is C10H22O4Si. The molecule has 2 atom stereocenters. The van der Waals surface area contributed by atoms with Crippen molar-refractivity contribution in [1.82, 2.24) is 0 Å². The molecule has 90 valence electrons. The van der Waals surface area contributed by atoms with Crippen molar-refractivity contribution in [2.75, 3.05) is 6.61 Å². The predicted molar refractivity (Wildman–Crippen MR) is 61.3 cm³/mol. The smallest absolute Gasteiger partial charge is 0.141 e. The minimum atomic E-state index is -2.13. The maximum Gasteiger partial charge on any atom is 0.141 e. The summed E-state index contributed by atoms with van der Waals surface area (Å²) < 4.78 is 0. The third-order valence-corrected chi connectivity index (χ3v) is 5.88. The molecule has 0 unspecified atom stereocenters. The Balaban J connectivity index is 4.40. The van der Waals surface area contributed by atoms with Crippen LogP contribution in [0.25, 0.3) is 0 Å². The zero-order valence-electron chi connectivity index (χ0n) is 9.73. The lowest BCUT2D eigenvalue weighted by atomic mass is 10.2. The molecule has 0 amide bonds. The van der Waals surface area contributed by atoms with Crippen LogP contribution < -0.4 is 0 Å². The van der Waals surface area contributed by atoms with Gasteiger partial charge in [0.05, 0.1) is 6.61 Å². The van der Waals surface area contributed by atoms with E-state index in [1.165, 1.54) is 0 Å². The van der Waals surface area contributed by atoms with E-state index in [1.807, 2.05) is 20.0 Å². The first kappa shape index (κ1) is 14.8. The Morgan fingerprint density at radius 2 is 1.87 bits per heavy atom. The van der Waals surface area contributed by atoms with Crippen molar-refractivity contribution in [1.29, 1.82) is 0 Å². The van der Waals surface area contributed by atoms with Gasteiger partial charge in [0.1, 0.15) is 25.7 Å². The fourth-order valence-corrected chi connectivity index (χ4v) is 3.89. The zero-order valence-corrected chi connectivity index (χ0v) is 10.7. The molecule has 3 N–H and O–H groups in total. The Morgan fingerprint density at radius 3 is 2.27 bits per heavy atom. The second kappa shape index (κ2) is 6.37. The standard InChI is InChI=1S/C10H22O4Si/c1-4-5-6-15(2,3)10(14)9(13)8(12)7-11/h8-9,11-13H,4-7H2,1-3H3/t8-,9+/m0/s1. The second-order valence-electron chi connectivity index (χ2n) is 4.55. The van der Waals surface area contributed by atoms with Gasteiger partial charge in [0.15, 0.2) is 0 Å². The summed E-state index contributed by atoms with van der Waals surface area (Å²) in [6.45, 7) is 5.25. The molecule has 0 rings (SSSR count). The average molecular weight is 234 g/mol. The molecule has 0 aromatic carbocycles. The van der Waals surface area contributed by atoms with Crippen molar-refractivity contribution in [3.63, 3.8) is 0 Å². The van der Waals surface area contributed by atoms with Crippen LogP contribution in [0.2, 0.25) is 19.1 Å². The number of aliphatic hydroxyl groups is 3. The van der Waals surface area contributed by atoms with Crippen molar-refractivity contribution in [2.24, 2.45) is 0 Å². The second-order valence-corrected chi connectivity index (χ2v) is 9.31. The predicted octanol–water partition coefficient (Wildman–Crippen LogP) is 0.317. The topological polar surface area (TPSA) is 77.8 Å². The number of carbonyl (C=O) groups is 1. The quantitative estimate of drug-likeness (QED) is 0.554. The fraction of sp³-hybridized carbons (Fsp3) is 0.900. The molecular weight excluding hydrogens is 212 g/mol. The third-order valence-electron chi connectivity index (χ3n) is 2.64. The molecule has 0 bridgehead atoms. The van der Waals surface area contributed by atoms with Crippen LogP contribution in [0.4, 0.5) is 0 Å². The normalized spacial score (nSPS) is 16.1. The monoisotopic (exact) mass is 234 g/mol. The molecule has 0 heterocycles. The first-order chi connectivity index (χ1) is 6.86. The molecule has 0 aliphatic carbocycles. The van der Waals surface area contributed by atoms with Crippen LogP contribution in [0.1, 0.15) is 19.8 Å². The van der Waals surface area contributed by atoms with E-state index in [9.17, 15) is 15.0 Å². The van der Waals surface area contributed by atoms with Crippen LogP contribution in [0.15, 0.2) is 0 Å². The lowest BCUT2D eigenvalue weighted by molar-refractivity contribution is -0.127. The Bertz CT molecular complexity index is 206. The highest BCUT2D eigenvalue weighted by Gasteiger charge is 2.37. The zero-order chi connectivity index (χ0) is 12.1. The number of carbonyl (C=O) groups excluding carboxylic acids is 1. The van der Waals surface area contributed by atoms with Gasteiger partial charge in [0, 0.05) is 0 Å².